The molecule has 3 aromatic rings. The van der Waals surface area contributed by atoms with Gasteiger partial charge in [-0.15, -0.1) is 0 Å². The van der Waals surface area contributed by atoms with Crippen molar-refractivity contribution in [2.24, 2.45) is 11.5 Å². The maximum atomic E-state index is 12.8. The van der Waals surface area contributed by atoms with Gasteiger partial charge < -0.3 is 31.6 Å². The van der Waals surface area contributed by atoms with Crippen LogP contribution < -0.4 is 27.6 Å². The SMILES string of the molecule is CC(C)(NC(=O)c1cnc(/C(N)=C/C=C\N)[nH]c1=O)c1ccc(-c2ccc(P(=O)(O)O)cc2)nc1. The molecule has 182 valence electrons. The predicted octanol–water partition coefficient (Wildman–Crippen LogP) is 1.07. The van der Waals surface area contributed by atoms with Crippen LogP contribution in [0.5, 0.6) is 0 Å². The summed E-state index contributed by atoms with van der Waals surface area (Å²) in [6.45, 7) is 3.51. The topological polar surface area (TPSA) is 197 Å². The van der Waals surface area contributed by atoms with Crippen LogP contribution >= 0.6 is 7.60 Å². The number of pyridine rings is 1. The number of H-pyrrole nitrogens is 1. The molecule has 3 rings (SSSR count). The van der Waals surface area contributed by atoms with Gasteiger partial charge in [-0.1, -0.05) is 18.2 Å². The van der Waals surface area contributed by atoms with Crippen molar-refractivity contribution in [3.63, 3.8) is 0 Å². The van der Waals surface area contributed by atoms with Gasteiger partial charge >= 0.3 is 7.60 Å². The summed E-state index contributed by atoms with van der Waals surface area (Å²) in [6.07, 6.45) is 6.95. The molecule has 0 saturated heterocycles. The zero-order valence-electron chi connectivity index (χ0n) is 19.0. The van der Waals surface area contributed by atoms with E-state index in [1.54, 1.807) is 44.3 Å². The highest BCUT2D eigenvalue weighted by molar-refractivity contribution is 7.60. The zero-order valence-corrected chi connectivity index (χ0v) is 19.9. The minimum Gasteiger partial charge on any atom is -0.405 e. The van der Waals surface area contributed by atoms with E-state index in [2.05, 4.69) is 20.3 Å². The van der Waals surface area contributed by atoms with Gasteiger partial charge in [-0.2, -0.15) is 0 Å². The van der Waals surface area contributed by atoms with E-state index < -0.39 is 24.6 Å². The number of aromatic nitrogens is 3. The second-order valence-electron chi connectivity index (χ2n) is 8.08. The van der Waals surface area contributed by atoms with E-state index in [1.165, 1.54) is 30.5 Å². The number of aromatic amines is 1. The summed E-state index contributed by atoms with van der Waals surface area (Å²) < 4.78 is 11.3. The van der Waals surface area contributed by atoms with Crippen LogP contribution in [0.3, 0.4) is 0 Å². The largest absolute Gasteiger partial charge is 0.405 e. The lowest BCUT2D eigenvalue weighted by Crippen LogP contribution is -2.43. The number of allylic oxidation sites excluding steroid dienone is 2. The number of benzene rings is 1. The Kier molecular flexibility index (Phi) is 7.35. The Morgan fingerprint density at radius 1 is 1.11 bits per heavy atom. The quantitative estimate of drug-likeness (QED) is 0.205. The number of hydrogen-bond acceptors (Lipinski definition) is 7. The summed E-state index contributed by atoms with van der Waals surface area (Å²) in [6, 6.07) is 9.34. The summed E-state index contributed by atoms with van der Waals surface area (Å²) in [5.41, 5.74) is 11.5. The summed E-state index contributed by atoms with van der Waals surface area (Å²) in [7, 11) is -4.32. The second-order valence-corrected chi connectivity index (χ2v) is 9.69. The Balaban J connectivity index is 1.77. The molecule has 0 unspecified atom stereocenters. The number of nitrogens with zero attached hydrogens (tertiary/aromatic N) is 2. The molecular formula is C23H25N6O5P. The van der Waals surface area contributed by atoms with Gasteiger partial charge in [0, 0.05) is 18.0 Å². The number of nitrogens with two attached hydrogens (primary N) is 2. The molecule has 0 spiro atoms. The standard InChI is InChI=1S/C23H25N6O5P/c1-23(2,29-22(31)17-13-27-20(28-21(17)30)18(25)4-3-11-24)15-7-10-19(26-12-15)14-5-8-16(9-6-14)35(32,33)34/h3-13H,24-25H2,1-2H3,(H,29,31)(H,27,28,30)(H2,32,33,34)/b11-3-,18-4-. The molecule has 0 bridgehead atoms. The highest BCUT2D eigenvalue weighted by Crippen LogP contribution is 2.33. The lowest BCUT2D eigenvalue weighted by Gasteiger charge is -2.26. The molecule has 11 nitrogen and oxygen atoms in total. The van der Waals surface area contributed by atoms with Gasteiger partial charge in [0.1, 0.15) is 5.56 Å². The van der Waals surface area contributed by atoms with Crippen molar-refractivity contribution < 1.29 is 19.1 Å². The van der Waals surface area contributed by atoms with Gasteiger partial charge in [0.05, 0.1) is 22.2 Å². The second kappa shape index (κ2) is 10.1. The molecule has 0 aliphatic heterocycles. The molecule has 35 heavy (non-hydrogen) atoms. The number of carbonyl (C=O) groups is 1. The van der Waals surface area contributed by atoms with Gasteiger partial charge in [-0.3, -0.25) is 19.1 Å². The molecule has 0 aliphatic carbocycles. The average molecular weight is 496 g/mol. The fraction of sp³-hybridized carbons (Fsp3) is 0.130. The van der Waals surface area contributed by atoms with E-state index in [0.29, 0.717) is 16.8 Å². The van der Waals surface area contributed by atoms with Gasteiger partial charge in [0.25, 0.3) is 11.5 Å². The minimum atomic E-state index is -4.32. The maximum Gasteiger partial charge on any atom is 0.356 e. The van der Waals surface area contributed by atoms with Crippen molar-refractivity contribution in [3.05, 3.63) is 94.4 Å². The highest BCUT2D eigenvalue weighted by atomic mass is 31.2. The van der Waals surface area contributed by atoms with E-state index in [-0.39, 0.29) is 22.4 Å². The number of carbonyl (C=O) groups excluding carboxylic acids is 1. The molecule has 0 atom stereocenters. The van der Waals surface area contributed by atoms with E-state index >= 15 is 0 Å². The molecule has 12 heteroatoms. The number of nitrogens with one attached hydrogen (secondary N) is 2. The van der Waals surface area contributed by atoms with Crippen LogP contribution in [0.2, 0.25) is 0 Å². The van der Waals surface area contributed by atoms with Crippen LogP contribution in [-0.2, 0) is 10.1 Å². The molecule has 2 aromatic heterocycles. The first kappa shape index (κ1) is 25.6. The summed E-state index contributed by atoms with van der Waals surface area (Å²) >= 11 is 0. The highest BCUT2D eigenvalue weighted by Gasteiger charge is 2.26. The van der Waals surface area contributed by atoms with Crippen molar-refractivity contribution in [2.45, 2.75) is 19.4 Å². The van der Waals surface area contributed by atoms with Gasteiger partial charge in [0.2, 0.25) is 0 Å². The molecular weight excluding hydrogens is 471 g/mol. The normalized spacial score (nSPS) is 12.6. The van der Waals surface area contributed by atoms with Crippen LogP contribution in [0.25, 0.3) is 17.0 Å². The molecule has 0 fully saturated rings. The Labute approximate surface area is 200 Å². The Morgan fingerprint density at radius 3 is 2.34 bits per heavy atom. The third kappa shape index (κ3) is 6.10. The number of amides is 1. The van der Waals surface area contributed by atoms with E-state index in [9.17, 15) is 23.9 Å². The number of rotatable bonds is 7. The average Bonchev–Trinajstić information content (AvgIpc) is 2.81. The van der Waals surface area contributed by atoms with Crippen LogP contribution in [0, 0.1) is 0 Å². The molecule has 8 N–H and O–H groups in total. The molecule has 1 amide bonds. The monoisotopic (exact) mass is 496 g/mol. The predicted molar refractivity (Wildman–Crippen MR) is 132 cm³/mol. The van der Waals surface area contributed by atoms with Crippen LogP contribution in [-0.4, -0.2) is 30.6 Å². The van der Waals surface area contributed by atoms with Crippen LogP contribution in [0.1, 0.15) is 35.6 Å². The van der Waals surface area contributed by atoms with Crippen LogP contribution in [0.4, 0.5) is 0 Å². The Bertz CT molecular complexity index is 1390. The summed E-state index contributed by atoms with van der Waals surface area (Å²) in [5, 5.41) is 2.72. The third-order valence-electron chi connectivity index (χ3n) is 5.11. The Hall–Kier alpha value is -4.05. The van der Waals surface area contributed by atoms with Crippen molar-refractivity contribution in [1.82, 2.24) is 20.3 Å². The summed E-state index contributed by atoms with van der Waals surface area (Å²) in [5.74, 6) is -0.519. The van der Waals surface area contributed by atoms with Crippen molar-refractivity contribution in [2.75, 3.05) is 0 Å². The molecule has 0 saturated carbocycles. The molecule has 1 aromatic carbocycles. The van der Waals surface area contributed by atoms with Crippen LogP contribution in [0.15, 0.2) is 71.9 Å². The smallest absolute Gasteiger partial charge is 0.356 e. The first-order valence-electron chi connectivity index (χ1n) is 10.3. The maximum absolute atomic E-state index is 12.8. The molecule has 0 radical (unpaired) electrons. The molecule has 2 heterocycles. The minimum absolute atomic E-state index is 0.0784. The van der Waals surface area contributed by atoms with E-state index in [4.69, 9.17) is 11.5 Å². The fourth-order valence-corrected chi connectivity index (χ4v) is 3.66. The lowest BCUT2D eigenvalue weighted by atomic mass is 9.95. The van der Waals surface area contributed by atoms with Gasteiger partial charge in [-0.05, 0) is 56.0 Å². The van der Waals surface area contributed by atoms with Gasteiger partial charge in [0.15, 0.2) is 5.82 Å². The van der Waals surface area contributed by atoms with Crippen molar-refractivity contribution >= 4 is 24.5 Å². The summed E-state index contributed by atoms with van der Waals surface area (Å²) in [4.78, 5) is 54.6. The van der Waals surface area contributed by atoms with E-state index in [1.807, 2.05) is 0 Å². The Morgan fingerprint density at radius 2 is 1.80 bits per heavy atom. The zero-order chi connectivity index (χ0) is 25.8. The number of hydrogen-bond donors (Lipinski definition) is 6. The fourth-order valence-electron chi connectivity index (χ4n) is 3.13. The van der Waals surface area contributed by atoms with Crippen molar-refractivity contribution in [1.29, 1.82) is 0 Å². The first-order chi connectivity index (χ1) is 16.4. The van der Waals surface area contributed by atoms with Gasteiger partial charge in [-0.25, -0.2) is 4.98 Å². The first-order valence-corrected chi connectivity index (χ1v) is 11.9. The lowest BCUT2D eigenvalue weighted by molar-refractivity contribution is 0.0910. The molecule has 0 aliphatic rings. The van der Waals surface area contributed by atoms with E-state index in [0.717, 1.165) is 6.20 Å². The third-order valence-corrected chi connectivity index (χ3v) is 6.09. The van der Waals surface area contributed by atoms with Crippen molar-refractivity contribution in [3.8, 4) is 11.3 Å².